The molecule has 7 heteroatoms. The molecule has 1 saturated heterocycles. The van der Waals surface area contributed by atoms with Crippen molar-refractivity contribution in [2.75, 3.05) is 25.4 Å². The molecule has 1 heterocycles. The van der Waals surface area contributed by atoms with Gasteiger partial charge in [-0.1, -0.05) is 0 Å². The lowest BCUT2D eigenvalue weighted by Crippen LogP contribution is -2.45. The molecule has 24 heavy (non-hydrogen) atoms. The van der Waals surface area contributed by atoms with Gasteiger partial charge >= 0.3 is 0 Å². The number of amides is 1. The Balaban J connectivity index is 1.68. The highest BCUT2D eigenvalue weighted by Gasteiger charge is 2.20. The number of hydrogen-bond acceptors (Lipinski definition) is 5. The average Bonchev–Trinajstić information content (AvgIpc) is 2.59. The van der Waals surface area contributed by atoms with Gasteiger partial charge in [-0.15, -0.1) is 24.1 Å². The van der Waals surface area contributed by atoms with Crippen LogP contribution in [0, 0.1) is 22.5 Å². The van der Waals surface area contributed by atoms with Crippen molar-refractivity contribution < 1.29 is 9.72 Å². The van der Waals surface area contributed by atoms with E-state index in [2.05, 4.69) is 16.1 Å². The second kappa shape index (κ2) is 9.30. The van der Waals surface area contributed by atoms with Gasteiger partial charge in [-0.25, -0.2) is 0 Å². The van der Waals surface area contributed by atoms with Gasteiger partial charge < -0.3 is 10.2 Å². The normalized spacial score (nSPS) is 15.6. The smallest absolute Gasteiger partial charge is 0.269 e. The Bertz CT molecular complexity index is 605. The molecule has 2 rings (SSSR count). The minimum absolute atomic E-state index is 0.000396. The third kappa shape index (κ3) is 5.87. The van der Waals surface area contributed by atoms with Crippen LogP contribution < -0.4 is 5.32 Å². The van der Waals surface area contributed by atoms with Gasteiger partial charge in [0, 0.05) is 49.1 Å². The predicted octanol–water partition coefficient (Wildman–Crippen LogP) is 2.29. The van der Waals surface area contributed by atoms with Crippen molar-refractivity contribution in [3.8, 4) is 12.3 Å². The number of hydrogen-bond donors (Lipinski definition) is 1. The summed E-state index contributed by atoms with van der Waals surface area (Å²) in [5.41, 5.74) is 0.0559. The lowest BCUT2D eigenvalue weighted by atomic mass is 10.0. The van der Waals surface area contributed by atoms with Crippen LogP contribution in [-0.4, -0.2) is 47.2 Å². The van der Waals surface area contributed by atoms with Crippen molar-refractivity contribution in [2.24, 2.45) is 0 Å². The van der Waals surface area contributed by atoms with Crippen LogP contribution in [0.25, 0.3) is 0 Å². The topological polar surface area (TPSA) is 75.5 Å². The number of carbonyl (C=O) groups is 1. The van der Waals surface area contributed by atoms with Crippen LogP contribution in [-0.2, 0) is 4.79 Å². The highest BCUT2D eigenvalue weighted by molar-refractivity contribution is 8.00. The largest absolute Gasteiger partial charge is 0.353 e. The number of rotatable bonds is 7. The molecule has 0 atom stereocenters. The van der Waals surface area contributed by atoms with Crippen molar-refractivity contribution in [1.29, 1.82) is 0 Å². The first-order chi connectivity index (χ1) is 11.6. The van der Waals surface area contributed by atoms with Gasteiger partial charge in [0.2, 0.25) is 5.91 Å². The number of thioether (sulfide) groups is 1. The fourth-order valence-corrected chi connectivity index (χ4v) is 3.32. The van der Waals surface area contributed by atoms with Crippen molar-refractivity contribution in [2.45, 2.75) is 30.2 Å². The zero-order valence-corrected chi connectivity index (χ0v) is 14.3. The molecular weight excluding hydrogens is 326 g/mol. The Labute approximate surface area is 146 Å². The maximum absolute atomic E-state index is 12.0. The van der Waals surface area contributed by atoms with Gasteiger partial charge in [-0.3, -0.25) is 14.9 Å². The molecule has 0 saturated carbocycles. The van der Waals surface area contributed by atoms with Crippen LogP contribution in [0.4, 0.5) is 5.69 Å². The minimum atomic E-state index is -0.433. The van der Waals surface area contributed by atoms with Crippen molar-refractivity contribution in [1.82, 2.24) is 10.2 Å². The van der Waals surface area contributed by atoms with E-state index in [-0.39, 0.29) is 17.6 Å². The SMILES string of the molecule is C#CCCN1CCC(NC(=O)CSc2ccc([N+](=O)[O-])cc2)CC1. The molecule has 0 unspecified atom stereocenters. The summed E-state index contributed by atoms with van der Waals surface area (Å²) >= 11 is 1.38. The summed E-state index contributed by atoms with van der Waals surface area (Å²) in [5, 5.41) is 13.7. The summed E-state index contributed by atoms with van der Waals surface area (Å²) in [7, 11) is 0. The molecule has 1 aliphatic heterocycles. The molecule has 0 aliphatic carbocycles. The van der Waals surface area contributed by atoms with Gasteiger partial charge in [0.1, 0.15) is 0 Å². The molecule has 0 radical (unpaired) electrons. The molecule has 6 nitrogen and oxygen atoms in total. The number of nitro groups is 1. The molecule has 0 aromatic heterocycles. The Kier molecular flexibility index (Phi) is 7.09. The number of nitrogens with zero attached hydrogens (tertiary/aromatic N) is 2. The van der Waals surface area contributed by atoms with Crippen LogP contribution in [0.15, 0.2) is 29.2 Å². The first kappa shape index (κ1) is 18.3. The van der Waals surface area contributed by atoms with E-state index in [1.54, 1.807) is 12.1 Å². The molecular formula is C17H21N3O3S. The highest BCUT2D eigenvalue weighted by Crippen LogP contribution is 2.21. The monoisotopic (exact) mass is 347 g/mol. The van der Waals surface area contributed by atoms with E-state index in [1.807, 2.05) is 0 Å². The minimum Gasteiger partial charge on any atom is -0.353 e. The zero-order valence-electron chi connectivity index (χ0n) is 13.4. The van der Waals surface area contributed by atoms with E-state index in [0.717, 1.165) is 43.8 Å². The van der Waals surface area contributed by atoms with Gasteiger partial charge in [-0.05, 0) is 25.0 Å². The lowest BCUT2D eigenvalue weighted by Gasteiger charge is -2.31. The Morgan fingerprint density at radius 3 is 2.62 bits per heavy atom. The summed E-state index contributed by atoms with van der Waals surface area (Å²) in [6.45, 7) is 2.84. The van der Waals surface area contributed by atoms with E-state index < -0.39 is 4.92 Å². The van der Waals surface area contributed by atoms with Crippen LogP contribution in [0.3, 0.4) is 0 Å². The molecule has 1 N–H and O–H groups in total. The third-order valence-electron chi connectivity index (χ3n) is 3.94. The number of likely N-dealkylation sites (tertiary alicyclic amines) is 1. The third-order valence-corrected chi connectivity index (χ3v) is 4.95. The van der Waals surface area contributed by atoms with E-state index in [0.29, 0.717) is 5.75 Å². The number of non-ortho nitro benzene ring substituents is 1. The molecule has 1 aromatic carbocycles. The van der Waals surface area contributed by atoms with E-state index in [4.69, 9.17) is 6.42 Å². The van der Waals surface area contributed by atoms with Crippen LogP contribution in [0.1, 0.15) is 19.3 Å². The van der Waals surface area contributed by atoms with Gasteiger partial charge in [0.05, 0.1) is 10.7 Å². The molecule has 1 amide bonds. The second-order valence-corrected chi connectivity index (χ2v) is 6.73. The van der Waals surface area contributed by atoms with E-state index in [1.165, 1.54) is 23.9 Å². The Morgan fingerprint density at radius 2 is 2.04 bits per heavy atom. The first-order valence-electron chi connectivity index (χ1n) is 7.91. The average molecular weight is 347 g/mol. The zero-order chi connectivity index (χ0) is 17.4. The number of nitrogens with one attached hydrogen (secondary N) is 1. The quantitative estimate of drug-likeness (QED) is 0.354. The van der Waals surface area contributed by atoms with Gasteiger partial charge in [0.15, 0.2) is 0 Å². The highest BCUT2D eigenvalue weighted by atomic mass is 32.2. The molecule has 128 valence electrons. The maximum Gasteiger partial charge on any atom is 0.269 e. The lowest BCUT2D eigenvalue weighted by molar-refractivity contribution is -0.384. The Morgan fingerprint density at radius 1 is 1.38 bits per heavy atom. The van der Waals surface area contributed by atoms with Gasteiger partial charge in [0.25, 0.3) is 5.69 Å². The van der Waals surface area contributed by atoms with E-state index in [9.17, 15) is 14.9 Å². The van der Waals surface area contributed by atoms with Crippen LogP contribution >= 0.6 is 11.8 Å². The molecule has 1 fully saturated rings. The number of benzene rings is 1. The first-order valence-corrected chi connectivity index (χ1v) is 8.89. The van der Waals surface area contributed by atoms with E-state index >= 15 is 0 Å². The summed E-state index contributed by atoms with van der Waals surface area (Å²) in [6.07, 6.45) is 7.93. The van der Waals surface area contributed by atoms with Gasteiger partial charge in [-0.2, -0.15) is 0 Å². The van der Waals surface area contributed by atoms with Crippen molar-refractivity contribution in [3.05, 3.63) is 34.4 Å². The summed E-state index contributed by atoms with van der Waals surface area (Å²) in [6, 6.07) is 6.45. The number of nitro benzene ring substituents is 1. The molecule has 1 aromatic rings. The summed E-state index contributed by atoms with van der Waals surface area (Å²) in [4.78, 5) is 25.4. The molecule has 0 bridgehead atoms. The molecule has 0 spiro atoms. The summed E-state index contributed by atoms with van der Waals surface area (Å²) in [5.74, 6) is 2.96. The summed E-state index contributed by atoms with van der Waals surface area (Å²) < 4.78 is 0. The van der Waals surface area contributed by atoms with Crippen molar-refractivity contribution >= 4 is 23.4 Å². The Hall–Kier alpha value is -2.04. The van der Waals surface area contributed by atoms with Crippen molar-refractivity contribution in [3.63, 3.8) is 0 Å². The van der Waals surface area contributed by atoms with Crippen LogP contribution in [0.5, 0.6) is 0 Å². The fourth-order valence-electron chi connectivity index (χ4n) is 2.61. The maximum atomic E-state index is 12.0. The number of terminal acetylenes is 1. The number of piperidine rings is 1. The second-order valence-electron chi connectivity index (χ2n) is 5.68. The molecule has 1 aliphatic rings. The standard InChI is InChI=1S/C17H21N3O3S/c1-2-3-10-19-11-8-14(9-12-19)18-17(21)13-24-16-6-4-15(5-7-16)20(22)23/h1,4-7,14H,3,8-13H2,(H,18,21). The predicted molar refractivity (Wildman–Crippen MR) is 94.9 cm³/mol. The fraction of sp³-hybridized carbons (Fsp3) is 0.471. The number of carbonyl (C=O) groups excluding carboxylic acids is 1. The van der Waals surface area contributed by atoms with Crippen LogP contribution in [0.2, 0.25) is 0 Å².